The van der Waals surface area contributed by atoms with Crippen molar-refractivity contribution in [3.05, 3.63) is 155 Å². The quantitative estimate of drug-likeness (QED) is 0.178. The van der Waals surface area contributed by atoms with Crippen LogP contribution in [0.15, 0.2) is 133 Å². The Balaban J connectivity index is 1.24. The molecule has 0 spiro atoms. The molecular formula is C44H33NO8. The fourth-order valence-electron chi connectivity index (χ4n) is 9.72. The molecule has 3 aliphatic carbocycles. The molecule has 2 fully saturated rings. The minimum atomic E-state index is -1.41. The number of hydrogen-bond acceptors (Lipinski definition) is 7. The lowest BCUT2D eigenvalue weighted by Gasteiger charge is -2.56. The van der Waals surface area contributed by atoms with Gasteiger partial charge in [0.05, 0.1) is 34.8 Å². The van der Waals surface area contributed by atoms with Gasteiger partial charge >= 0.3 is 5.97 Å². The number of imide groups is 1. The van der Waals surface area contributed by atoms with Gasteiger partial charge in [0.15, 0.2) is 11.6 Å². The third-order valence-corrected chi connectivity index (χ3v) is 11.9. The smallest absolute Gasteiger partial charge is 0.335 e. The van der Waals surface area contributed by atoms with Gasteiger partial charge < -0.3 is 14.9 Å². The van der Waals surface area contributed by atoms with Crippen LogP contribution >= 0.6 is 0 Å². The molecule has 9 rings (SSSR count). The van der Waals surface area contributed by atoms with Crippen molar-refractivity contribution in [2.24, 2.45) is 29.6 Å². The predicted octanol–water partition coefficient (Wildman–Crippen LogP) is 6.47. The number of ketones is 2. The molecule has 4 aromatic rings. The van der Waals surface area contributed by atoms with E-state index in [9.17, 15) is 24.6 Å². The monoisotopic (exact) mass is 703 g/mol. The van der Waals surface area contributed by atoms with Crippen LogP contribution in [-0.4, -0.2) is 39.6 Å². The van der Waals surface area contributed by atoms with Gasteiger partial charge in [0.1, 0.15) is 11.5 Å². The number of carboxylic acids is 1. The largest absolute Gasteiger partial charge is 0.508 e. The standard InChI is InChI=1S/C44H33NO8/c46-30-14-17-36-26(20-30)18-27(23-53-36)39-31-15-16-32-38(42(50)45(41(32)49)29-13-7-10-25(19-29)43(51)52)34(31)21-35-40(48)33(24-8-3-1-4-9-24)22-37(47)44(35,39)28-11-5-2-6-12-28/h1-15,17,19-20,22-23,32,34-35,38-39,46H,16,18,21H2,(H,51,52). The Labute approximate surface area is 304 Å². The molecule has 0 aromatic heterocycles. The normalized spacial score (nSPS) is 27.4. The van der Waals surface area contributed by atoms with Crippen LogP contribution < -0.4 is 9.64 Å². The summed E-state index contributed by atoms with van der Waals surface area (Å²) in [5.74, 6) is -5.71. The van der Waals surface area contributed by atoms with Gasteiger partial charge in [-0.05, 0) is 77.9 Å². The highest BCUT2D eigenvalue weighted by atomic mass is 16.5. The maximum atomic E-state index is 15.2. The average molecular weight is 704 g/mol. The Bertz CT molecular complexity index is 2360. The Morgan fingerprint density at radius 1 is 0.830 bits per heavy atom. The number of anilines is 1. The lowest BCUT2D eigenvalue weighted by molar-refractivity contribution is -0.136. The first kappa shape index (κ1) is 32.6. The van der Waals surface area contributed by atoms with E-state index in [4.69, 9.17) is 4.74 Å². The number of phenolic OH excluding ortho intramolecular Hbond substituents is 1. The van der Waals surface area contributed by atoms with Gasteiger partial charge in [-0.2, -0.15) is 0 Å². The Kier molecular flexibility index (Phi) is 7.44. The van der Waals surface area contributed by atoms with E-state index in [0.717, 1.165) is 10.5 Å². The van der Waals surface area contributed by atoms with Crippen molar-refractivity contribution in [2.75, 3.05) is 4.90 Å². The molecule has 5 aliphatic rings. The summed E-state index contributed by atoms with van der Waals surface area (Å²) in [6, 6.07) is 29.0. The molecule has 4 aromatic carbocycles. The summed E-state index contributed by atoms with van der Waals surface area (Å²) < 4.78 is 6.18. The number of amides is 2. The summed E-state index contributed by atoms with van der Waals surface area (Å²) in [6.07, 6.45) is 5.77. The molecule has 2 N–H and O–H groups in total. The number of aromatic carboxylic acids is 1. The van der Waals surface area contributed by atoms with Gasteiger partial charge in [0, 0.05) is 29.4 Å². The second-order valence-electron chi connectivity index (χ2n) is 14.4. The molecule has 6 unspecified atom stereocenters. The third-order valence-electron chi connectivity index (χ3n) is 11.9. The van der Waals surface area contributed by atoms with Gasteiger partial charge in [-0.3, -0.25) is 24.1 Å². The number of ether oxygens (including phenoxy) is 1. The molecule has 262 valence electrons. The zero-order valence-corrected chi connectivity index (χ0v) is 28.3. The SMILES string of the molecule is O=C(O)c1cccc(N2C(=O)C3CC=C4C(CC5C(=O)C(c6ccccc6)=CC(=O)C5(c5ccccc5)C4C4=COc5ccc(O)cc5C4)C3C2=O)c1. The van der Waals surface area contributed by atoms with Crippen LogP contribution in [0.5, 0.6) is 11.5 Å². The molecule has 9 nitrogen and oxygen atoms in total. The minimum Gasteiger partial charge on any atom is -0.508 e. The van der Waals surface area contributed by atoms with E-state index >= 15 is 9.59 Å². The summed E-state index contributed by atoms with van der Waals surface area (Å²) >= 11 is 0. The number of carbonyl (C=O) groups is 5. The Hall–Kier alpha value is -6.35. The molecule has 53 heavy (non-hydrogen) atoms. The van der Waals surface area contributed by atoms with E-state index in [1.165, 1.54) is 24.3 Å². The fourth-order valence-corrected chi connectivity index (χ4v) is 9.72. The lowest BCUT2D eigenvalue weighted by atomic mass is 9.44. The van der Waals surface area contributed by atoms with Crippen LogP contribution in [0.4, 0.5) is 5.69 Å². The van der Waals surface area contributed by atoms with Crippen molar-refractivity contribution in [1.82, 2.24) is 0 Å². The van der Waals surface area contributed by atoms with Crippen molar-refractivity contribution < 1.29 is 38.9 Å². The van der Waals surface area contributed by atoms with Gasteiger partial charge in [0.2, 0.25) is 11.8 Å². The van der Waals surface area contributed by atoms with Crippen molar-refractivity contribution in [2.45, 2.75) is 24.7 Å². The van der Waals surface area contributed by atoms with Crippen molar-refractivity contribution in [3.8, 4) is 11.5 Å². The lowest BCUT2D eigenvalue weighted by Crippen LogP contribution is -2.60. The second kappa shape index (κ2) is 12.1. The number of phenols is 1. The first-order valence-corrected chi connectivity index (χ1v) is 17.7. The van der Waals surface area contributed by atoms with E-state index < -0.39 is 52.8 Å². The van der Waals surface area contributed by atoms with Crippen LogP contribution in [-0.2, 0) is 31.0 Å². The number of aromatic hydroxyl groups is 1. The van der Waals surface area contributed by atoms with Crippen molar-refractivity contribution in [1.29, 1.82) is 0 Å². The fraction of sp³-hybridized carbons (Fsp3) is 0.205. The van der Waals surface area contributed by atoms with Gasteiger partial charge in [-0.25, -0.2) is 4.79 Å². The van der Waals surface area contributed by atoms with E-state index in [0.29, 0.717) is 40.0 Å². The van der Waals surface area contributed by atoms with E-state index in [-0.39, 0.29) is 41.4 Å². The molecule has 2 amide bonds. The molecule has 2 heterocycles. The highest BCUT2D eigenvalue weighted by molar-refractivity contribution is 6.31. The molecular weight excluding hydrogens is 670 g/mol. The van der Waals surface area contributed by atoms with Crippen LogP contribution in [0.25, 0.3) is 5.57 Å². The zero-order chi connectivity index (χ0) is 36.6. The molecule has 1 saturated carbocycles. The maximum absolute atomic E-state index is 15.2. The summed E-state index contributed by atoms with van der Waals surface area (Å²) in [7, 11) is 0. The minimum absolute atomic E-state index is 0.0516. The first-order valence-electron chi connectivity index (χ1n) is 17.7. The van der Waals surface area contributed by atoms with Crippen molar-refractivity contribution >= 4 is 40.6 Å². The summed E-state index contributed by atoms with van der Waals surface area (Å²) in [5.41, 5.74) is 2.54. The number of hydrogen-bond donors (Lipinski definition) is 2. The number of Topliss-reactive ketones (excluding diaryl/α,β-unsaturated/α-hetero) is 1. The van der Waals surface area contributed by atoms with Crippen molar-refractivity contribution in [3.63, 3.8) is 0 Å². The number of nitrogens with zero attached hydrogens (tertiary/aromatic N) is 1. The van der Waals surface area contributed by atoms with Crippen LogP contribution in [0.2, 0.25) is 0 Å². The maximum Gasteiger partial charge on any atom is 0.335 e. The highest BCUT2D eigenvalue weighted by Gasteiger charge is 2.66. The summed E-state index contributed by atoms with van der Waals surface area (Å²) in [5, 5.41) is 20.1. The molecule has 6 atom stereocenters. The predicted molar refractivity (Wildman–Crippen MR) is 194 cm³/mol. The number of fused-ring (bicyclic) bond motifs is 5. The Morgan fingerprint density at radius 3 is 2.34 bits per heavy atom. The van der Waals surface area contributed by atoms with Crippen LogP contribution in [0.1, 0.15) is 39.9 Å². The molecule has 0 bridgehead atoms. The first-order chi connectivity index (χ1) is 25.7. The highest BCUT2D eigenvalue weighted by Crippen LogP contribution is 2.63. The third kappa shape index (κ3) is 4.80. The number of rotatable bonds is 5. The summed E-state index contributed by atoms with van der Waals surface area (Å²) in [6.45, 7) is 0. The van der Waals surface area contributed by atoms with E-state index in [1.807, 2.05) is 54.6 Å². The number of benzene rings is 4. The number of allylic oxidation sites excluding steroid dienone is 5. The van der Waals surface area contributed by atoms with E-state index in [2.05, 4.69) is 0 Å². The van der Waals surface area contributed by atoms with E-state index in [1.54, 1.807) is 42.7 Å². The average Bonchev–Trinajstić information content (AvgIpc) is 3.44. The van der Waals surface area contributed by atoms with Gasteiger partial charge in [-0.15, -0.1) is 0 Å². The van der Waals surface area contributed by atoms with Gasteiger partial charge in [0.25, 0.3) is 0 Å². The Morgan fingerprint density at radius 2 is 1.58 bits per heavy atom. The topological polar surface area (TPSA) is 138 Å². The molecule has 0 radical (unpaired) electrons. The number of carbonyl (C=O) groups excluding carboxylic acids is 4. The molecule has 9 heteroatoms. The summed E-state index contributed by atoms with van der Waals surface area (Å²) in [4.78, 5) is 72.0. The number of carboxylic acid groups (broad SMARTS) is 1. The molecule has 2 aliphatic heterocycles. The van der Waals surface area contributed by atoms with Crippen LogP contribution in [0.3, 0.4) is 0 Å². The van der Waals surface area contributed by atoms with Crippen LogP contribution in [0, 0.1) is 29.6 Å². The second-order valence-corrected chi connectivity index (χ2v) is 14.4. The molecule has 1 saturated heterocycles. The zero-order valence-electron chi connectivity index (χ0n) is 28.3. The van der Waals surface area contributed by atoms with Gasteiger partial charge in [-0.1, -0.05) is 78.4 Å².